The largest absolute Gasteiger partial charge is 0.390 e. The second-order valence-corrected chi connectivity index (χ2v) is 8.28. The molecule has 0 aromatic heterocycles. The van der Waals surface area contributed by atoms with Gasteiger partial charge in [-0.25, -0.2) is 17.1 Å². The lowest BCUT2D eigenvalue weighted by Gasteiger charge is -2.22. The minimum Gasteiger partial charge on any atom is -0.390 e. The molecule has 0 N–H and O–H groups in total. The van der Waals surface area contributed by atoms with E-state index in [0.29, 0.717) is 32.6 Å². The van der Waals surface area contributed by atoms with Crippen molar-refractivity contribution in [1.29, 1.82) is 0 Å². The summed E-state index contributed by atoms with van der Waals surface area (Å²) in [6, 6.07) is 6.24. The van der Waals surface area contributed by atoms with Gasteiger partial charge in [-0.05, 0) is 30.7 Å². The SMILES string of the molecule is CS(=O)(=O)N1CCCN(C[C@H]2CC(c3ccc(F)cc3)=NO2)CC1. The van der Waals surface area contributed by atoms with E-state index in [-0.39, 0.29) is 11.9 Å². The van der Waals surface area contributed by atoms with Crippen LogP contribution in [0.3, 0.4) is 0 Å². The molecule has 2 aliphatic heterocycles. The Morgan fingerprint density at radius 3 is 2.67 bits per heavy atom. The van der Waals surface area contributed by atoms with Gasteiger partial charge in [0, 0.05) is 32.6 Å². The Bertz CT molecular complexity index is 706. The van der Waals surface area contributed by atoms with Crippen LogP contribution in [-0.4, -0.2) is 68.4 Å². The number of rotatable bonds is 4. The second-order valence-electron chi connectivity index (χ2n) is 6.29. The first-order valence-corrected chi connectivity index (χ1v) is 9.93. The highest BCUT2D eigenvalue weighted by Gasteiger charge is 2.27. The van der Waals surface area contributed by atoms with Crippen LogP contribution < -0.4 is 0 Å². The third-order valence-electron chi connectivity index (χ3n) is 4.39. The number of benzene rings is 1. The van der Waals surface area contributed by atoms with Crippen molar-refractivity contribution in [3.05, 3.63) is 35.6 Å². The molecule has 1 saturated heterocycles. The summed E-state index contributed by atoms with van der Waals surface area (Å²) in [4.78, 5) is 7.73. The molecule has 0 spiro atoms. The van der Waals surface area contributed by atoms with Gasteiger partial charge < -0.3 is 4.84 Å². The molecule has 8 heteroatoms. The summed E-state index contributed by atoms with van der Waals surface area (Å²) in [5.41, 5.74) is 1.70. The molecule has 1 atom stereocenters. The highest BCUT2D eigenvalue weighted by Crippen LogP contribution is 2.19. The summed E-state index contributed by atoms with van der Waals surface area (Å²) < 4.78 is 37.8. The lowest BCUT2D eigenvalue weighted by Crippen LogP contribution is -2.37. The number of sulfonamides is 1. The first-order valence-electron chi connectivity index (χ1n) is 8.08. The van der Waals surface area contributed by atoms with E-state index in [9.17, 15) is 12.8 Å². The fourth-order valence-electron chi connectivity index (χ4n) is 3.09. The van der Waals surface area contributed by atoms with Crippen molar-refractivity contribution in [3.63, 3.8) is 0 Å². The Kier molecular flexibility index (Phi) is 5.17. The molecule has 3 rings (SSSR count). The van der Waals surface area contributed by atoms with Crippen LogP contribution >= 0.6 is 0 Å². The molecule has 6 nitrogen and oxygen atoms in total. The third kappa shape index (κ3) is 4.31. The molecule has 0 bridgehead atoms. The van der Waals surface area contributed by atoms with Crippen molar-refractivity contribution in [3.8, 4) is 0 Å². The number of oxime groups is 1. The Morgan fingerprint density at radius 1 is 1.21 bits per heavy atom. The van der Waals surface area contributed by atoms with Crippen LogP contribution in [0.4, 0.5) is 4.39 Å². The molecule has 0 amide bonds. The van der Waals surface area contributed by atoms with Gasteiger partial charge in [-0.3, -0.25) is 4.90 Å². The Hall–Kier alpha value is -1.51. The number of halogens is 1. The zero-order valence-electron chi connectivity index (χ0n) is 13.7. The number of nitrogens with zero attached hydrogens (tertiary/aromatic N) is 3. The highest BCUT2D eigenvalue weighted by atomic mass is 32.2. The van der Waals surface area contributed by atoms with Crippen molar-refractivity contribution >= 4 is 15.7 Å². The monoisotopic (exact) mass is 355 g/mol. The van der Waals surface area contributed by atoms with Gasteiger partial charge >= 0.3 is 0 Å². The molecule has 2 aliphatic rings. The third-order valence-corrected chi connectivity index (χ3v) is 5.69. The van der Waals surface area contributed by atoms with E-state index >= 15 is 0 Å². The molecule has 1 aromatic rings. The van der Waals surface area contributed by atoms with Crippen LogP contribution in [0.5, 0.6) is 0 Å². The van der Waals surface area contributed by atoms with Crippen LogP contribution in [-0.2, 0) is 14.9 Å². The van der Waals surface area contributed by atoms with Crippen molar-refractivity contribution < 1.29 is 17.6 Å². The van der Waals surface area contributed by atoms with Crippen LogP contribution in [0.2, 0.25) is 0 Å². The van der Waals surface area contributed by atoms with Gasteiger partial charge in [-0.15, -0.1) is 0 Å². The van der Waals surface area contributed by atoms with Crippen LogP contribution in [0.1, 0.15) is 18.4 Å². The summed E-state index contributed by atoms with van der Waals surface area (Å²) in [6.07, 6.45) is 2.70. The van der Waals surface area contributed by atoms with E-state index in [4.69, 9.17) is 4.84 Å². The molecular formula is C16H22FN3O3S. The lowest BCUT2D eigenvalue weighted by atomic mass is 10.0. The van der Waals surface area contributed by atoms with E-state index < -0.39 is 10.0 Å². The quantitative estimate of drug-likeness (QED) is 0.816. The van der Waals surface area contributed by atoms with Gasteiger partial charge in [0.25, 0.3) is 0 Å². The van der Waals surface area contributed by atoms with Crippen molar-refractivity contribution in [2.24, 2.45) is 5.16 Å². The fourth-order valence-corrected chi connectivity index (χ4v) is 3.96. The smallest absolute Gasteiger partial charge is 0.211 e. The average molecular weight is 355 g/mol. The topological polar surface area (TPSA) is 62.2 Å². The summed E-state index contributed by atoms with van der Waals surface area (Å²) in [5, 5.41) is 4.12. The molecule has 0 saturated carbocycles. The van der Waals surface area contributed by atoms with Gasteiger partial charge in [0.05, 0.1) is 12.0 Å². The lowest BCUT2D eigenvalue weighted by molar-refractivity contribution is 0.0540. The zero-order chi connectivity index (χ0) is 17.2. The first-order chi connectivity index (χ1) is 11.4. The first kappa shape index (κ1) is 17.3. The summed E-state index contributed by atoms with van der Waals surface area (Å²) in [5.74, 6) is -0.269. The van der Waals surface area contributed by atoms with Gasteiger partial charge in [0.15, 0.2) is 0 Å². The zero-order valence-corrected chi connectivity index (χ0v) is 14.5. The van der Waals surface area contributed by atoms with E-state index in [0.717, 1.165) is 24.2 Å². The summed E-state index contributed by atoms with van der Waals surface area (Å²) in [7, 11) is -3.13. The fraction of sp³-hybridized carbons (Fsp3) is 0.562. The molecule has 0 aliphatic carbocycles. The maximum absolute atomic E-state index is 13.0. The highest BCUT2D eigenvalue weighted by molar-refractivity contribution is 7.88. The minimum absolute atomic E-state index is 0.0464. The predicted molar refractivity (Wildman–Crippen MR) is 89.9 cm³/mol. The van der Waals surface area contributed by atoms with Gasteiger partial charge in [0.2, 0.25) is 10.0 Å². The van der Waals surface area contributed by atoms with Crippen LogP contribution in [0, 0.1) is 5.82 Å². The van der Waals surface area contributed by atoms with Gasteiger partial charge in [-0.2, -0.15) is 0 Å². The van der Waals surface area contributed by atoms with Gasteiger partial charge in [0.1, 0.15) is 11.9 Å². The Balaban J connectivity index is 1.52. The average Bonchev–Trinajstić information content (AvgIpc) is 2.84. The van der Waals surface area contributed by atoms with Crippen molar-refractivity contribution in [1.82, 2.24) is 9.21 Å². The van der Waals surface area contributed by atoms with E-state index in [2.05, 4.69) is 10.1 Å². The van der Waals surface area contributed by atoms with Crippen LogP contribution in [0.25, 0.3) is 0 Å². The molecule has 2 heterocycles. The Labute approximate surface area is 141 Å². The summed E-state index contributed by atoms with van der Waals surface area (Å²) in [6.45, 7) is 3.33. The Morgan fingerprint density at radius 2 is 1.96 bits per heavy atom. The van der Waals surface area contributed by atoms with E-state index in [1.54, 1.807) is 12.1 Å². The van der Waals surface area contributed by atoms with Crippen molar-refractivity contribution in [2.75, 3.05) is 39.0 Å². The number of hydrogen-bond donors (Lipinski definition) is 0. The molecule has 0 radical (unpaired) electrons. The maximum atomic E-state index is 13.0. The number of hydrogen-bond acceptors (Lipinski definition) is 5. The molecule has 1 fully saturated rings. The van der Waals surface area contributed by atoms with E-state index in [1.165, 1.54) is 22.7 Å². The predicted octanol–water partition coefficient (Wildman–Crippen LogP) is 1.29. The summed E-state index contributed by atoms with van der Waals surface area (Å²) >= 11 is 0. The van der Waals surface area contributed by atoms with Crippen LogP contribution in [0.15, 0.2) is 29.4 Å². The molecular weight excluding hydrogens is 333 g/mol. The molecule has 24 heavy (non-hydrogen) atoms. The normalized spacial score (nSPS) is 23.6. The molecule has 132 valence electrons. The minimum atomic E-state index is -3.13. The standard InChI is InChI=1S/C16H22FN3O3S/c1-24(21,22)20-8-2-7-19(9-10-20)12-15-11-16(18-23-15)13-3-5-14(17)6-4-13/h3-6,15H,2,7-12H2,1H3/t15-/m1/s1. The van der Waals surface area contributed by atoms with E-state index in [1.807, 2.05) is 0 Å². The van der Waals surface area contributed by atoms with Gasteiger partial charge in [-0.1, -0.05) is 17.3 Å². The van der Waals surface area contributed by atoms with Crippen molar-refractivity contribution in [2.45, 2.75) is 18.9 Å². The molecule has 1 aromatic carbocycles. The molecule has 0 unspecified atom stereocenters. The second kappa shape index (κ2) is 7.16. The maximum Gasteiger partial charge on any atom is 0.211 e.